The second-order valence-corrected chi connectivity index (χ2v) is 4.66. The Kier molecular flexibility index (Phi) is 2.09. The summed E-state index contributed by atoms with van der Waals surface area (Å²) < 4.78 is 6.23. The first kappa shape index (κ1) is 9.09. The highest BCUT2D eigenvalue weighted by molar-refractivity contribution is 9.10. The topological polar surface area (TPSA) is 38.9 Å². The predicted octanol–water partition coefficient (Wildman–Crippen LogP) is 3.38. The molecule has 0 spiro atoms. The lowest BCUT2D eigenvalue weighted by atomic mass is 10.2. The summed E-state index contributed by atoms with van der Waals surface area (Å²) >= 11 is 3.42. The largest absolute Gasteiger partial charge is 0.339 e. The van der Waals surface area contributed by atoms with E-state index in [4.69, 9.17) is 4.52 Å². The Morgan fingerprint density at radius 1 is 1.33 bits per heavy atom. The van der Waals surface area contributed by atoms with Gasteiger partial charge in [-0.15, -0.1) is 0 Å². The summed E-state index contributed by atoms with van der Waals surface area (Å²) in [6.45, 7) is 0. The number of rotatable bonds is 2. The molecule has 0 amide bonds. The number of aromatic nitrogens is 2. The van der Waals surface area contributed by atoms with Crippen LogP contribution in [-0.4, -0.2) is 10.1 Å². The van der Waals surface area contributed by atoms with Gasteiger partial charge < -0.3 is 4.52 Å². The first-order chi connectivity index (χ1) is 7.33. The van der Waals surface area contributed by atoms with E-state index in [9.17, 15) is 0 Å². The minimum Gasteiger partial charge on any atom is -0.339 e. The minimum atomic E-state index is 0.512. The van der Waals surface area contributed by atoms with Crippen LogP contribution in [0.2, 0.25) is 0 Å². The Labute approximate surface area is 95.6 Å². The fourth-order valence-corrected chi connectivity index (χ4v) is 1.88. The Morgan fingerprint density at radius 3 is 2.93 bits per heavy atom. The van der Waals surface area contributed by atoms with Crippen LogP contribution in [0.15, 0.2) is 33.3 Å². The Hall–Kier alpha value is -1.16. The van der Waals surface area contributed by atoms with Gasteiger partial charge in [0.2, 0.25) is 11.7 Å². The molecule has 1 aromatic carbocycles. The molecule has 4 heteroatoms. The predicted molar refractivity (Wildman–Crippen MR) is 59.4 cm³/mol. The average molecular weight is 265 g/mol. The van der Waals surface area contributed by atoms with Crippen molar-refractivity contribution in [2.24, 2.45) is 0 Å². The molecule has 1 aromatic heterocycles. The van der Waals surface area contributed by atoms with Gasteiger partial charge in [0.1, 0.15) is 0 Å². The van der Waals surface area contributed by atoms with Crippen LogP contribution in [0.25, 0.3) is 11.4 Å². The van der Waals surface area contributed by atoms with Gasteiger partial charge in [0.15, 0.2) is 0 Å². The number of benzene rings is 1. The summed E-state index contributed by atoms with van der Waals surface area (Å²) in [6.07, 6.45) is 2.36. The molecule has 1 aliphatic carbocycles. The summed E-state index contributed by atoms with van der Waals surface area (Å²) in [5.41, 5.74) is 0.986. The lowest BCUT2D eigenvalue weighted by molar-refractivity contribution is 0.380. The Bertz CT molecular complexity index is 491. The van der Waals surface area contributed by atoms with Gasteiger partial charge in [-0.25, -0.2) is 0 Å². The maximum absolute atomic E-state index is 5.21. The standard InChI is InChI=1S/C11H9BrN2O/c12-9-3-1-2-8(6-9)10-13-11(15-14-10)7-4-5-7/h1-3,6-7H,4-5H2. The molecule has 15 heavy (non-hydrogen) atoms. The highest BCUT2D eigenvalue weighted by Gasteiger charge is 2.29. The van der Waals surface area contributed by atoms with Gasteiger partial charge in [-0.05, 0) is 25.0 Å². The molecule has 0 atom stereocenters. The van der Waals surface area contributed by atoms with Crippen LogP contribution in [0.3, 0.4) is 0 Å². The normalized spacial score (nSPS) is 15.5. The number of halogens is 1. The van der Waals surface area contributed by atoms with E-state index in [1.54, 1.807) is 0 Å². The highest BCUT2D eigenvalue weighted by Crippen LogP contribution is 2.39. The van der Waals surface area contributed by atoms with Crippen LogP contribution in [0.5, 0.6) is 0 Å². The zero-order valence-electron chi connectivity index (χ0n) is 7.98. The molecule has 0 unspecified atom stereocenters. The van der Waals surface area contributed by atoms with Crippen LogP contribution in [0.1, 0.15) is 24.7 Å². The van der Waals surface area contributed by atoms with E-state index < -0.39 is 0 Å². The molecule has 1 fully saturated rings. The molecule has 3 nitrogen and oxygen atoms in total. The summed E-state index contributed by atoms with van der Waals surface area (Å²) in [5, 5.41) is 3.98. The third-order valence-electron chi connectivity index (χ3n) is 2.45. The molecule has 76 valence electrons. The minimum absolute atomic E-state index is 0.512. The molecule has 2 aromatic rings. The van der Waals surface area contributed by atoms with Crippen molar-refractivity contribution in [3.8, 4) is 11.4 Å². The van der Waals surface area contributed by atoms with Gasteiger partial charge in [-0.1, -0.05) is 33.2 Å². The van der Waals surface area contributed by atoms with Gasteiger partial charge in [0.25, 0.3) is 0 Å². The zero-order chi connectivity index (χ0) is 10.3. The van der Waals surface area contributed by atoms with Crippen molar-refractivity contribution < 1.29 is 4.52 Å². The second kappa shape index (κ2) is 3.45. The van der Waals surface area contributed by atoms with Crippen LogP contribution in [0.4, 0.5) is 0 Å². The second-order valence-electron chi connectivity index (χ2n) is 3.74. The van der Waals surface area contributed by atoms with Crippen LogP contribution >= 0.6 is 15.9 Å². The monoisotopic (exact) mass is 264 g/mol. The van der Waals surface area contributed by atoms with E-state index in [2.05, 4.69) is 26.1 Å². The molecule has 0 saturated heterocycles. The van der Waals surface area contributed by atoms with Crippen LogP contribution in [-0.2, 0) is 0 Å². The van der Waals surface area contributed by atoms with Gasteiger partial charge in [0, 0.05) is 16.0 Å². The quantitative estimate of drug-likeness (QED) is 0.835. The van der Waals surface area contributed by atoms with Crippen LogP contribution in [0, 0.1) is 0 Å². The van der Waals surface area contributed by atoms with Crippen molar-refractivity contribution >= 4 is 15.9 Å². The first-order valence-corrected chi connectivity index (χ1v) is 5.72. The Morgan fingerprint density at radius 2 is 2.20 bits per heavy atom. The van der Waals surface area contributed by atoms with Gasteiger partial charge >= 0.3 is 0 Å². The van der Waals surface area contributed by atoms with Crippen molar-refractivity contribution in [1.29, 1.82) is 0 Å². The summed E-state index contributed by atoms with van der Waals surface area (Å²) in [7, 11) is 0. The maximum atomic E-state index is 5.21. The van der Waals surface area contributed by atoms with E-state index in [0.29, 0.717) is 11.7 Å². The van der Waals surface area contributed by atoms with E-state index >= 15 is 0 Å². The fraction of sp³-hybridized carbons (Fsp3) is 0.273. The van der Waals surface area contributed by atoms with Crippen molar-refractivity contribution in [1.82, 2.24) is 10.1 Å². The Balaban J connectivity index is 1.97. The summed E-state index contributed by atoms with van der Waals surface area (Å²) in [4.78, 5) is 4.38. The number of hydrogen-bond donors (Lipinski definition) is 0. The van der Waals surface area contributed by atoms with Gasteiger partial charge in [-0.3, -0.25) is 0 Å². The van der Waals surface area contributed by atoms with Crippen molar-refractivity contribution in [3.05, 3.63) is 34.6 Å². The maximum Gasteiger partial charge on any atom is 0.230 e. The molecular formula is C11H9BrN2O. The molecule has 3 rings (SSSR count). The highest BCUT2D eigenvalue weighted by atomic mass is 79.9. The van der Waals surface area contributed by atoms with E-state index in [-0.39, 0.29) is 0 Å². The lowest BCUT2D eigenvalue weighted by Crippen LogP contribution is -1.81. The smallest absolute Gasteiger partial charge is 0.230 e. The van der Waals surface area contributed by atoms with E-state index in [1.807, 2.05) is 24.3 Å². The molecule has 1 saturated carbocycles. The average Bonchev–Trinajstić information content (AvgIpc) is 2.97. The van der Waals surface area contributed by atoms with Crippen molar-refractivity contribution in [2.45, 2.75) is 18.8 Å². The third kappa shape index (κ3) is 1.81. The van der Waals surface area contributed by atoms with Crippen LogP contribution < -0.4 is 0 Å². The molecule has 0 aliphatic heterocycles. The third-order valence-corrected chi connectivity index (χ3v) is 2.94. The lowest BCUT2D eigenvalue weighted by Gasteiger charge is -1.93. The molecule has 0 radical (unpaired) electrons. The SMILES string of the molecule is Brc1cccc(-c2noc(C3CC3)n2)c1. The van der Waals surface area contributed by atoms with E-state index in [1.165, 1.54) is 12.8 Å². The summed E-state index contributed by atoms with van der Waals surface area (Å²) in [6, 6.07) is 7.91. The number of nitrogens with zero attached hydrogens (tertiary/aromatic N) is 2. The van der Waals surface area contributed by atoms with E-state index in [0.717, 1.165) is 15.9 Å². The summed E-state index contributed by atoms with van der Waals surface area (Å²) in [5.74, 6) is 1.97. The van der Waals surface area contributed by atoms with Crippen molar-refractivity contribution in [3.63, 3.8) is 0 Å². The molecule has 0 N–H and O–H groups in total. The van der Waals surface area contributed by atoms with Crippen molar-refractivity contribution in [2.75, 3.05) is 0 Å². The zero-order valence-corrected chi connectivity index (χ0v) is 9.57. The molecule has 0 bridgehead atoms. The molecule has 1 aliphatic rings. The first-order valence-electron chi connectivity index (χ1n) is 4.92. The molecular weight excluding hydrogens is 256 g/mol. The fourth-order valence-electron chi connectivity index (χ4n) is 1.48. The number of hydrogen-bond acceptors (Lipinski definition) is 3. The van der Waals surface area contributed by atoms with Gasteiger partial charge in [0.05, 0.1) is 0 Å². The van der Waals surface area contributed by atoms with Gasteiger partial charge in [-0.2, -0.15) is 4.98 Å². The molecule has 1 heterocycles.